The van der Waals surface area contributed by atoms with E-state index in [0.717, 1.165) is 31.2 Å². The summed E-state index contributed by atoms with van der Waals surface area (Å²) in [4.78, 5) is 28.7. The highest BCUT2D eigenvalue weighted by molar-refractivity contribution is 5.89. The van der Waals surface area contributed by atoms with Crippen LogP contribution in [0.15, 0.2) is 18.2 Å². The second kappa shape index (κ2) is 9.41. The molecule has 3 rings (SSSR count). The van der Waals surface area contributed by atoms with Gasteiger partial charge in [-0.15, -0.1) is 0 Å². The molecule has 29 heavy (non-hydrogen) atoms. The van der Waals surface area contributed by atoms with Crippen LogP contribution in [-0.4, -0.2) is 54.5 Å². The van der Waals surface area contributed by atoms with Crippen LogP contribution in [0.2, 0.25) is 0 Å². The largest absolute Gasteiger partial charge is 0.490 e. The van der Waals surface area contributed by atoms with Crippen LogP contribution in [0, 0.1) is 5.92 Å². The molecular formula is C21H28F2N2O4. The van der Waals surface area contributed by atoms with E-state index >= 15 is 0 Å². The van der Waals surface area contributed by atoms with E-state index < -0.39 is 6.61 Å². The number of hydrogen-bond donors (Lipinski definition) is 0. The summed E-state index contributed by atoms with van der Waals surface area (Å²) in [6, 6.07) is 4.94. The zero-order chi connectivity index (χ0) is 21.0. The first-order chi connectivity index (χ1) is 13.9. The van der Waals surface area contributed by atoms with E-state index in [1.165, 1.54) is 6.07 Å². The molecule has 6 nitrogen and oxygen atoms in total. The SMILES string of the molecule is CCOc1cc(CN(C)C(=O)C2CC(=O)N(C3CCCC3)C2)ccc1OC(F)F. The van der Waals surface area contributed by atoms with Crippen LogP contribution in [0.1, 0.15) is 44.6 Å². The summed E-state index contributed by atoms with van der Waals surface area (Å²) >= 11 is 0. The van der Waals surface area contributed by atoms with Gasteiger partial charge < -0.3 is 19.3 Å². The lowest BCUT2D eigenvalue weighted by atomic mass is 10.1. The molecule has 8 heteroatoms. The number of ether oxygens (including phenoxy) is 2. The molecular weight excluding hydrogens is 382 g/mol. The van der Waals surface area contributed by atoms with Gasteiger partial charge in [0.05, 0.1) is 12.5 Å². The molecule has 160 valence electrons. The molecule has 2 fully saturated rings. The monoisotopic (exact) mass is 410 g/mol. The van der Waals surface area contributed by atoms with Gasteiger partial charge in [-0.3, -0.25) is 9.59 Å². The molecule has 1 heterocycles. The summed E-state index contributed by atoms with van der Waals surface area (Å²) in [5, 5.41) is 0. The Morgan fingerprint density at radius 3 is 2.66 bits per heavy atom. The molecule has 1 atom stereocenters. The molecule has 2 aliphatic rings. The highest BCUT2D eigenvalue weighted by atomic mass is 19.3. The van der Waals surface area contributed by atoms with Crippen molar-refractivity contribution in [1.82, 2.24) is 9.80 Å². The Bertz CT molecular complexity index is 737. The maximum Gasteiger partial charge on any atom is 0.387 e. The lowest BCUT2D eigenvalue weighted by Crippen LogP contribution is -2.37. The molecule has 0 bridgehead atoms. The van der Waals surface area contributed by atoms with Gasteiger partial charge >= 0.3 is 6.61 Å². The van der Waals surface area contributed by atoms with Crippen LogP contribution in [0.5, 0.6) is 11.5 Å². The fourth-order valence-corrected chi connectivity index (χ4v) is 4.24. The van der Waals surface area contributed by atoms with Crippen molar-refractivity contribution in [3.8, 4) is 11.5 Å². The van der Waals surface area contributed by atoms with Crippen LogP contribution >= 0.6 is 0 Å². The number of nitrogens with zero attached hydrogens (tertiary/aromatic N) is 2. The molecule has 0 aromatic heterocycles. The minimum atomic E-state index is -2.94. The quantitative estimate of drug-likeness (QED) is 0.659. The van der Waals surface area contributed by atoms with Crippen molar-refractivity contribution >= 4 is 11.8 Å². The van der Waals surface area contributed by atoms with E-state index in [0.29, 0.717) is 19.7 Å². The standard InChI is InChI=1S/C21H28F2N2O4/c1-3-28-18-10-14(8-9-17(18)29-21(22)23)12-24(2)20(27)15-11-19(26)25(13-15)16-6-4-5-7-16/h8-10,15-16,21H,3-7,11-13H2,1-2H3. The van der Waals surface area contributed by atoms with E-state index in [1.807, 2.05) is 4.90 Å². The summed E-state index contributed by atoms with van der Waals surface area (Å²) in [5.41, 5.74) is 0.739. The third-order valence-electron chi connectivity index (χ3n) is 5.59. The fraction of sp³-hybridized carbons (Fsp3) is 0.619. The Labute approximate surface area is 169 Å². The number of hydrogen-bond acceptors (Lipinski definition) is 4. The zero-order valence-electron chi connectivity index (χ0n) is 16.9. The van der Waals surface area contributed by atoms with Gasteiger partial charge in [-0.1, -0.05) is 18.9 Å². The summed E-state index contributed by atoms with van der Waals surface area (Å²) < 4.78 is 35.0. The van der Waals surface area contributed by atoms with E-state index in [4.69, 9.17) is 4.74 Å². The van der Waals surface area contributed by atoms with E-state index in [2.05, 4.69) is 4.74 Å². The average molecular weight is 410 g/mol. The van der Waals surface area contributed by atoms with Gasteiger partial charge in [0, 0.05) is 32.6 Å². The number of amides is 2. The first-order valence-corrected chi connectivity index (χ1v) is 10.1. The molecule has 1 aromatic rings. The van der Waals surface area contributed by atoms with Crippen molar-refractivity contribution in [3.05, 3.63) is 23.8 Å². The minimum Gasteiger partial charge on any atom is -0.490 e. The van der Waals surface area contributed by atoms with Crippen LogP contribution in [0.25, 0.3) is 0 Å². The molecule has 1 unspecified atom stereocenters. The van der Waals surface area contributed by atoms with Gasteiger partial charge in [0.1, 0.15) is 0 Å². The maximum absolute atomic E-state index is 12.9. The summed E-state index contributed by atoms with van der Waals surface area (Å²) in [7, 11) is 1.69. The number of carbonyl (C=O) groups is 2. The average Bonchev–Trinajstić information content (AvgIpc) is 3.32. The topological polar surface area (TPSA) is 59.1 Å². The van der Waals surface area contributed by atoms with Crippen molar-refractivity contribution in [2.24, 2.45) is 5.92 Å². The Morgan fingerprint density at radius 2 is 2.00 bits per heavy atom. The van der Waals surface area contributed by atoms with Gasteiger partial charge in [-0.25, -0.2) is 0 Å². The lowest BCUT2D eigenvalue weighted by Gasteiger charge is -2.25. The Balaban J connectivity index is 1.63. The molecule has 2 amide bonds. The van der Waals surface area contributed by atoms with Gasteiger partial charge in [-0.05, 0) is 37.5 Å². The van der Waals surface area contributed by atoms with Crippen molar-refractivity contribution in [2.45, 2.75) is 58.2 Å². The summed E-state index contributed by atoms with van der Waals surface area (Å²) in [6.07, 6.45) is 4.58. The number of likely N-dealkylation sites (tertiary alicyclic amines) is 1. The second-order valence-corrected chi connectivity index (χ2v) is 7.67. The van der Waals surface area contributed by atoms with Crippen LogP contribution < -0.4 is 9.47 Å². The first-order valence-electron chi connectivity index (χ1n) is 10.1. The van der Waals surface area contributed by atoms with Crippen molar-refractivity contribution < 1.29 is 27.8 Å². The van der Waals surface area contributed by atoms with E-state index in [1.54, 1.807) is 31.0 Å². The summed E-state index contributed by atoms with van der Waals surface area (Å²) in [5.74, 6) is -0.163. The third kappa shape index (κ3) is 5.16. The van der Waals surface area contributed by atoms with Gasteiger partial charge in [0.25, 0.3) is 0 Å². The first kappa shape index (κ1) is 21.3. The zero-order valence-corrected chi connectivity index (χ0v) is 16.9. The van der Waals surface area contributed by atoms with Crippen molar-refractivity contribution in [1.29, 1.82) is 0 Å². The number of alkyl halides is 2. The molecule has 1 aromatic carbocycles. The van der Waals surface area contributed by atoms with E-state index in [-0.39, 0.29) is 41.7 Å². The molecule has 1 saturated heterocycles. The molecule has 1 aliphatic carbocycles. The molecule has 1 aliphatic heterocycles. The van der Waals surface area contributed by atoms with E-state index in [9.17, 15) is 18.4 Å². The predicted molar refractivity (Wildman–Crippen MR) is 103 cm³/mol. The fourth-order valence-electron chi connectivity index (χ4n) is 4.24. The molecule has 0 spiro atoms. The maximum atomic E-state index is 12.9. The van der Waals surface area contributed by atoms with Crippen LogP contribution in [0.3, 0.4) is 0 Å². The number of benzene rings is 1. The number of halogens is 2. The molecule has 0 radical (unpaired) electrons. The van der Waals surface area contributed by atoms with Gasteiger partial charge in [-0.2, -0.15) is 8.78 Å². The number of rotatable bonds is 8. The Morgan fingerprint density at radius 1 is 1.28 bits per heavy atom. The van der Waals surface area contributed by atoms with Crippen molar-refractivity contribution in [2.75, 3.05) is 20.2 Å². The summed E-state index contributed by atoms with van der Waals surface area (Å²) in [6.45, 7) is -0.104. The highest BCUT2D eigenvalue weighted by Crippen LogP contribution is 2.32. The number of carbonyl (C=O) groups excluding carboxylic acids is 2. The van der Waals surface area contributed by atoms with Crippen molar-refractivity contribution in [3.63, 3.8) is 0 Å². The van der Waals surface area contributed by atoms with Crippen LogP contribution in [-0.2, 0) is 16.1 Å². The van der Waals surface area contributed by atoms with Gasteiger partial charge in [0.15, 0.2) is 11.5 Å². The minimum absolute atomic E-state index is 0.0341. The predicted octanol–water partition coefficient (Wildman–Crippen LogP) is 3.44. The molecule has 0 N–H and O–H groups in total. The molecule has 1 saturated carbocycles. The normalized spacial score (nSPS) is 19.8. The Hall–Kier alpha value is -2.38. The Kier molecular flexibility index (Phi) is 6.92. The van der Waals surface area contributed by atoms with Gasteiger partial charge in [0.2, 0.25) is 11.8 Å². The van der Waals surface area contributed by atoms with Crippen LogP contribution in [0.4, 0.5) is 8.78 Å². The highest BCUT2D eigenvalue weighted by Gasteiger charge is 2.39. The second-order valence-electron chi connectivity index (χ2n) is 7.67. The smallest absolute Gasteiger partial charge is 0.387 e. The lowest BCUT2D eigenvalue weighted by molar-refractivity contribution is -0.135. The third-order valence-corrected chi connectivity index (χ3v) is 5.59.